The molecule has 0 aromatic heterocycles. The van der Waals surface area contributed by atoms with Crippen molar-refractivity contribution < 1.29 is 19.2 Å². The van der Waals surface area contributed by atoms with E-state index < -0.39 is 0 Å². The van der Waals surface area contributed by atoms with Crippen molar-refractivity contribution in [2.75, 3.05) is 52.6 Å². The maximum atomic E-state index is 12.1. The fraction of sp³-hybridized carbons (Fsp3) is 0.938. The van der Waals surface area contributed by atoms with Gasteiger partial charge in [-0.1, -0.05) is 0 Å². The predicted molar refractivity (Wildman–Crippen MR) is 79.3 cm³/mol. The van der Waals surface area contributed by atoms with E-state index in [1.807, 2.05) is 4.90 Å². The van der Waals surface area contributed by atoms with Gasteiger partial charge in [0.05, 0.1) is 39.0 Å². The van der Waals surface area contributed by atoms with Crippen molar-refractivity contribution in [1.82, 2.24) is 4.90 Å². The number of fused-ring (bicyclic) bond motifs is 1. The Morgan fingerprint density at radius 2 is 1.95 bits per heavy atom. The second-order valence-electron chi connectivity index (χ2n) is 6.67. The van der Waals surface area contributed by atoms with Gasteiger partial charge in [-0.15, -0.1) is 0 Å². The Labute approximate surface area is 127 Å². The summed E-state index contributed by atoms with van der Waals surface area (Å²) in [6.45, 7) is 6.45. The first-order valence-electron chi connectivity index (χ1n) is 8.62. The lowest BCUT2D eigenvalue weighted by atomic mass is 9.84. The van der Waals surface area contributed by atoms with Crippen molar-refractivity contribution in [3.63, 3.8) is 0 Å². The molecule has 3 atom stereocenters. The summed E-state index contributed by atoms with van der Waals surface area (Å²) < 4.78 is 11.1. The fourth-order valence-corrected chi connectivity index (χ4v) is 4.18. The van der Waals surface area contributed by atoms with Crippen molar-refractivity contribution in [3.8, 4) is 0 Å². The van der Waals surface area contributed by atoms with Gasteiger partial charge in [-0.25, -0.2) is 0 Å². The topological polar surface area (TPSA) is 43.2 Å². The van der Waals surface area contributed by atoms with Gasteiger partial charge in [-0.05, 0) is 32.1 Å². The highest BCUT2D eigenvalue weighted by atomic mass is 16.5. The van der Waals surface area contributed by atoms with Crippen LogP contribution in [0.5, 0.6) is 0 Å². The van der Waals surface area contributed by atoms with Crippen molar-refractivity contribution in [2.24, 2.45) is 5.92 Å². The maximum Gasteiger partial charge on any atom is 0.248 e. The summed E-state index contributed by atoms with van der Waals surface area (Å²) in [6, 6.07) is 0.783. The molecular formula is C16H29N2O3+. The molecule has 5 heteroatoms. The molecule has 120 valence electrons. The van der Waals surface area contributed by atoms with E-state index in [0.717, 1.165) is 12.6 Å². The lowest BCUT2D eigenvalue weighted by Crippen LogP contribution is -3.18. The summed E-state index contributed by atoms with van der Waals surface area (Å²) >= 11 is 0. The molecule has 21 heavy (non-hydrogen) atoms. The van der Waals surface area contributed by atoms with Crippen LogP contribution in [0, 0.1) is 5.92 Å². The number of carbonyl (C=O) groups excluding carboxylic acids is 1. The number of ether oxygens (including phenoxy) is 2. The van der Waals surface area contributed by atoms with Crippen molar-refractivity contribution >= 4 is 5.91 Å². The lowest BCUT2D eigenvalue weighted by molar-refractivity contribution is -0.940. The van der Waals surface area contributed by atoms with Crippen LogP contribution in [0.4, 0.5) is 0 Å². The molecule has 3 rings (SSSR count). The molecule has 1 N–H and O–H groups in total. The number of nitrogens with one attached hydrogen (secondary N) is 1. The number of amides is 1. The van der Waals surface area contributed by atoms with Gasteiger partial charge in [-0.3, -0.25) is 4.79 Å². The number of hydrogen-bond acceptors (Lipinski definition) is 3. The molecule has 0 aromatic carbocycles. The predicted octanol–water partition coefficient (Wildman–Crippen LogP) is -0.291. The van der Waals surface area contributed by atoms with Crippen LogP contribution in [-0.4, -0.2) is 69.5 Å². The smallest absolute Gasteiger partial charge is 0.248 e. The van der Waals surface area contributed by atoms with Crippen molar-refractivity contribution in [2.45, 2.75) is 38.1 Å². The molecule has 5 nitrogen and oxygen atoms in total. The molecule has 1 amide bonds. The van der Waals surface area contributed by atoms with Gasteiger partial charge in [0, 0.05) is 19.0 Å². The van der Waals surface area contributed by atoms with E-state index in [9.17, 15) is 4.79 Å². The van der Waals surface area contributed by atoms with Gasteiger partial charge in [0.1, 0.15) is 6.61 Å². The molecule has 0 bridgehead atoms. The Morgan fingerprint density at radius 1 is 1.14 bits per heavy atom. The third-order valence-electron chi connectivity index (χ3n) is 5.35. The Kier molecular flexibility index (Phi) is 5.49. The van der Waals surface area contributed by atoms with Crippen molar-refractivity contribution in [3.05, 3.63) is 0 Å². The molecule has 3 heterocycles. The maximum absolute atomic E-state index is 12.1. The fourth-order valence-electron chi connectivity index (χ4n) is 4.18. The summed E-state index contributed by atoms with van der Waals surface area (Å²) in [5.41, 5.74) is 0. The zero-order chi connectivity index (χ0) is 14.5. The van der Waals surface area contributed by atoms with Crippen LogP contribution in [-0.2, 0) is 14.3 Å². The van der Waals surface area contributed by atoms with Crippen LogP contribution in [0.25, 0.3) is 0 Å². The molecular weight excluding hydrogens is 268 g/mol. The van der Waals surface area contributed by atoms with E-state index in [0.29, 0.717) is 32.2 Å². The Hall–Kier alpha value is -0.650. The summed E-state index contributed by atoms with van der Waals surface area (Å²) in [7, 11) is 0. The van der Waals surface area contributed by atoms with E-state index in [1.54, 1.807) is 4.90 Å². The first-order valence-corrected chi connectivity index (χ1v) is 8.62. The highest BCUT2D eigenvalue weighted by Crippen LogP contribution is 2.20. The minimum absolute atomic E-state index is 0.127. The minimum atomic E-state index is 0.127. The number of morpholine rings is 1. The van der Waals surface area contributed by atoms with Gasteiger partial charge < -0.3 is 19.3 Å². The Bertz CT molecular complexity index is 342. The normalized spacial score (nSPS) is 33.5. The number of piperidine rings is 2. The van der Waals surface area contributed by atoms with Crippen LogP contribution in [0.1, 0.15) is 32.1 Å². The summed E-state index contributed by atoms with van der Waals surface area (Å²) in [4.78, 5) is 15.7. The van der Waals surface area contributed by atoms with Gasteiger partial charge >= 0.3 is 0 Å². The second-order valence-corrected chi connectivity index (χ2v) is 6.67. The summed E-state index contributed by atoms with van der Waals surface area (Å²) in [5, 5.41) is 0. The molecule has 3 aliphatic heterocycles. The SMILES string of the molecule is O=C(COC[C@@H]1CCC[NH+]2CCCC[C@@H]12)N1CCOCC1. The zero-order valence-corrected chi connectivity index (χ0v) is 13.0. The molecule has 1 unspecified atom stereocenters. The van der Waals surface area contributed by atoms with Gasteiger partial charge in [0.2, 0.25) is 5.91 Å². The molecule has 0 aromatic rings. The number of hydrogen-bond donors (Lipinski definition) is 1. The molecule has 3 fully saturated rings. The number of nitrogens with zero attached hydrogens (tertiary/aromatic N) is 1. The van der Waals surface area contributed by atoms with Gasteiger partial charge in [0.15, 0.2) is 0 Å². The molecule has 0 spiro atoms. The molecule has 3 saturated heterocycles. The molecule has 0 aliphatic carbocycles. The van der Waals surface area contributed by atoms with Gasteiger partial charge in [-0.2, -0.15) is 0 Å². The van der Waals surface area contributed by atoms with Crippen LogP contribution < -0.4 is 4.90 Å². The van der Waals surface area contributed by atoms with Crippen LogP contribution in [0.2, 0.25) is 0 Å². The van der Waals surface area contributed by atoms with Crippen molar-refractivity contribution in [1.29, 1.82) is 0 Å². The first kappa shape index (κ1) is 15.3. The third kappa shape index (κ3) is 3.96. The van der Waals surface area contributed by atoms with E-state index in [-0.39, 0.29) is 12.5 Å². The minimum Gasteiger partial charge on any atom is -0.378 e. The standard InChI is InChI=1S/C16H28N2O3/c19-16(18-8-10-20-11-9-18)13-21-12-14-4-3-7-17-6-2-1-5-15(14)17/h14-15H,1-13H2/p+1/t14-,15-/m0/s1. The van der Waals surface area contributed by atoms with Crippen LogP contribution >= 0.6 is 0 Å². The molecule has 0 saturated carbocycles. The average Bonchev–Trinajstić information content (AvgIpc) is 2.56. The first-order chi connectivity index (χ1) is 10.3. The van der Waals surface area contributed by atoms with Crippen LogP contribution in [0.3, 0.4) is 0 Å². The summed E-state index contributed by atoms with van der Waals surface area (Å²) in [6.07, 6.45) is 6.70. The Morgan fingerprint density at radius 3 is 2.81 bits per heavy atom. The number of carbonyl (C=O) groups is 1. The third-order valence-corrected chi connectivity index (χ3v) is 5.35. The van der Waals surface area contributed by atoms with E-state index in [2.05, 4.69) is 0 Å². The van der Waals surface area contributed by atoms with E-state index in [4.69, 9.17) is 9.47 Å². The quantitative estimate of drug-likeness (QED) is 0.775. The van der Waals surface area contributed by atoms with E-state index >= 15 is 0 Å². The molecule has 0 radical (unpaired) electrons. The zero-order valence-electron chi connectivity index (χ0n) is 13.0. The Balaban J connectivity index is 1.40. The highest BCUT2D eigenvalue weighted by molar-refractivity contribution is 5.77. The monoisotopic (exact) mass is 297 g/mol. The average molecular weight is 297 g/mol. The lowest BCUT2D eigenvalue weighted by Gasteiger charge is -2.41. The largest absolute Gasteiger partial charge is 0.378 e. The summed E-state index contributed by atoms with van der Waals surface area (Å²) in [5.74, 6) is 0.786. The van der Waals surface area contributed by atoms with E-state index in [1.165, 1.54) is 45.2 Å². The van der Waals surface area contributed by atoms with Gasteiger partial charge in [0.25, 0.3) is 0 Å². The highest BCUT2D eigenvalue weighted by Gasteiger charge is 2.36. The number of quaternary nitrogens is 1. The second kappa shape index (κ2) is 7.56. The number of rotatable bonds is 4. The van der Waals surface area contributed by atoms with Crippen LogP contribution in [0.15, 0.2) is 0 Å². The molecule has 3 aliphatic rings.